The van der Waals surface area contributed by atoms with Gasteiger partial charge >= 0.3 is 0 Å². The Morgan fingerprint density at radius 1 is 1.10 bits per heavy atom. The lowest BCUT2D eigenvalue weighted by atomic mass is 9.65. The number of nitrogens with one attached hydrogen (secondary N) is 1. The fraction of sp³-hybridized carbons (Fsp3) is 0.958. The van der Waals surface area contributed by atoms with E-state index in [1.165, 1.54) is 57.9 Å². The minimum absolute atomic E-state index is 0.0129. The van der Waals surface area contributed by atoms with Gasteiger partial charge in [-0.15, -0.1) is 0 Å². The lowest BCUT2D eigenvalue weighted by Crippen LogP contribution is -2.65. The molecule has 29 heavy (non-hydrogen) atoms. The van der Waals surface area contributed by atoms with E-state index in [4.69, 9.17) is 0 Å². The van der Waals surface area contributed by atoms with Crippen molar-refractivity contribution in [1.82, 2.24) is 15.1 Å². The molecule has 0 aromatic rings. The van der Waals surface area contributed by atoms with E-state index in [1.54, 1.807) is 0 Å². The SMILES string of the molecule is C[C@H](CC1CCCCC1)CN1CCC(O)(CN2CCNCC2=O)C2(CCCC2)C1. The zero-order chi connectivity index (χ0) is 20.3. The molecule has 166 valence electrons. The van der Waals surface area contributed by atoms with Crippen LogP contribution >= 0.6 is 0 Å². The van der Waals surface area contributed by atoms with E-state index in [1.807, 2.05) is 4.90 Å². The summed E-state index contributed by atoms with van der Waals surface area (Å²) >= 11 is 0. The molecule has 4 fully saturated rings. The number of likely N-dealkylation sites (tertiary alicyclic amines) is 1. The smallest absolute Gasteiger partial charge is 0.236 e. The van der Waals surface area contributed by atoms with Crippen molar-refractivity contribution in [3.63, 3.8) is 0 Å². The number of carbonyl (C=O) groups excluding carboxylic acids is 1. The molecule has 4 aliphatic rings. The molecule has 0 bridgehead atoms. The maximum Gasteiger partial charge on any atom is 0.236 e. The van der Waals surface area contributed by atoms with Crippen molar-refractivity contribution in [1.29, 1.82) is 0 Å². The first-order valence-corrected chi connectivity index (χ1v) is 12.4. The molecule has 2 atom stereocenters. The topological polar surface area (TPSA) is 55.8 Å². The maximum absolute atomic E-state index is 12.4. The zero-order valence-electron chi connectivity index (χ0n) is 18.6. The second-order valence-corrected chi connectivity index (χ2v) is 10.8. The van der Waals surface area contributed by atoms with E-state index in [-0.39, 0.29) is 11.3 Å². The number of β-amino-alcohol motifs (C(OH)–C–C–N with tert-alkyl or cyclic N) is 1. The number of aliphatic hydroxyl groups is 1. The minimum atomic E-state index is -0.709. The van der Waals surface area contributed by atoms with E-state index in [2.05, 4.69) is 17.1 Å². The minimum Gasteiger partial charge on any atom is -0.387 e. The van der Waals surface area contributed by atoms with Crippen molar-refractivity contribution in [3.05, 3.63) is 0 Å². The number of piperazine rings is 1. The van der Waals surface area contributed by atoms with E-state index in [9.17, 15) is 9.90 Å². The quantitative estimate of drug-likeness (QED) is 0.713. The van der Waals surface area contributed by atoms with Crippen LogP contribution in [0.25, 0.3) is 0 Å². The van der Waals surface area contributed by atoms with Crippen LogP contribution in [0.4, 0.5) is 0 Å². The molecule has 1 amide bonds. The van der Waals surface area contributed by atoms with Gasteiger partial charge in [0.2, 0.25) is 5.91 Å². The van der Waals surface area contributed by atoms with Crippen molar-refractivity contribution in [2.45, 2.75) is 83.2 Å². The van der Waals surface area contributed by atoms with Crippen LogP contribution in [-0.2, 0) is 4.79 Å². The summed E-state index contributed by atoms with van der Waals surface area (Å²) in [6, 6.07) is 0. The second kappa shape index (κ2) is 9.23. The molecule has 4 rings (SSSR count). The third-order valence-corrected chi connectivity index (χ3v) is 8.59. The number of rotatable bonds is 6. The summed E-state index contributed by atoms with van der Waals surface area (Å²) in [5.74, 6) is 1.85. The molecule has 0 aromatic heterocycles. The van der Waals surface area contributed by atoms with E-state index < -0.39 is 5.60 Å². The highest BCUT2D eigenvalue weighted by Gasteiger charge is 2.55. The van der Waals surface area contributed by atoms with E-state index in [0.717, 1.165) is 57.3 Å². The Labute approximate surface area is 177 Å². The van der Waals surface area contributed by atoms with Gasteiger partial charge in [-0.3, -0.25) is 4.79 Å². The number of hydrogen-bond donors (Lipinski definition) is 2. The molecule has 2 N–H and O–H groups in total. The summed E-state index contributed by atoms with van der Waals surface area (Å²) < 4.78 is 0. The third kappa shape index (κ3) is 4.83. The monoisotopic (exact) mass is 405 g/mol. The van der Waals surface area contributed by atoms with Crippen LogP contribution in [0.15, 0.2) is 0 Å². The van der Waals surface area contributed by atoms with Crippen LogP contribution in [0.5, 0.6) is 0 Å². The summed E-state index contributed by atoms with van der Waals surface area (Å²) in [5.41, 5.74) is -0.722. The van der Waals surface area contributed by atoms with Crippen molar-refractivity contribution in [2.24, 2.45) is 17.3 Å². The van der Waals surface area contributed by atoms with Gasteiger partial charge in [0.05, 0.1) is 18.7 Å². The van der Waals surface area contributed by atoms with Gasteiger partial charge in [0, 0.05) is 38.1 Å². The summed E-state index contributed by atoms with van der Waals surface area (Å²) in [7, 11) is 0. The molecule has 1 unspecified atom stereocenters. The van der Waals surface area contributed by atoms with Gasteiger partial charge in [-0.25, -0.2) is 0 Å². The van der Waals surface area contributed by atoms with Gasteiger partial charge in [0.25, 0.3) is 0 Å². The largest absolute Gasteiger partial charge is 0.387 e. The maximum atomic E-state index is 12.4. The fourth-order valence-corrected chi connectivity index (χ4v) is 6.98. The Bertz CT molecular complexity index is 556. The lowest BCUT2D eigenvalue weighted by molar-refractivity contribution is -0.160. The normalized spacial score (nSPS) is 32.8. The van der Waals surface area contributed by atoms with Crippen molar-refractivity contribution < 1.29 is 9.90 Å². The Kier molecular flexibility index (Phi) is 6.87. The van der Waals surface area contributed by atoms with E-state index >= 15 is 0 Å². The van der Waals surface area contributed by atoms with Crippen LogP contribution in [-0.4, -0.2) is 72.2 Å². The second-order valence-electron chi connectivity index (χ2n) is 10.8. The highest BCUT2D eigenvalue weighted by Crippen LogP contribution is 2.51. The van der Waals surface area contributed by atoms with Crippen LogP contribution in [0, 0.1) is 17.3 Å². The lowest BCUT2D eigenvalue weighted by Gasteiger charge is -2.54. The van der Waals surface area contributed by atoms with Crippen molar-refractivity contribution in [3.8, 4) is 0 Å². The average molecular weight is 406 g/mol. The predicted octanol–water partition coefficient (Wildman–Crippen LogP) is 3.02. The number of nitrogens with zero attached hydrogens (tertiary/aromatic N) is 2. The van der Waals surface area contributed by atoms with Gasteiger partial charge in [-0.1, -0.05) is 51.9 Å². The Morgan fingerprint density at radius 3 is 2.59 bits per heavy atom. The van der Waals surface area contributed by atoms with Gasteiger partial charge in [0.1, 0.15) is 0 Å². The molecule has 2 aliphatic carbocycles. The molecule has 5 heteroatoms. The Hall–Kier alpha value is -0.650. The van der Waals surface area contributed by atoms with Crippen LogP contribution < -0.4 is 5.32 Å². The molecule has 1 spiro atoms. The van der Waals surface area contributed by atoms with Gasteiger partial charge in [-0.2, -0.15) is 0 Å². The third-order valence-electron chi connectivity index (χ3n) is 8.59. The molecule has 5 nitrogen and oxygen atoms in total. The summed E-state index contributed by atoms with van der Waals surface area (Å²) in [4.78, 5) is 16.9. The van der Waals surface area contributed by atoms with Gasteiger partial charge in [0.15, 0.2) is 0 Å². The Balaban J connectivity index is 1.37. The first-order chi connectivity index (χ1) is 14.0. The number of hydrogen-bond acceptors (Lipinski definition) is 4. The van der Waals surface area contributed by atoms with Crippen molar-refractivity contribution in [2.75, 3.05) is 45.8 Å². The standard InChI is InChI=1S/C24H43N3O2/c1-20(15-21-7-3-2-4-8-21)17-26-13-11-24(29,23(18-26)9-5-6-10-23)19-27-14-12-25-16-22(27)28/h20-21,25,29H,2-19H2,1H3/t20-,24?/m1/s1. The molecular formula is C24H43N3O2. The van der Waals surface area contributed by atoms with Crippen LogP contribution in [0.2, 0.25) is 0 Å². The number of amides is 1. The highest BCUT2D eigenvalue weighted by molar-refractivity contribution is 5.79. The van der Waals surface area contributed by atoms with E-state index in [0.29, 0.717) is 13.1 Å². The molecular weight excluding hydrogens is 362 g/mol. The molecule has 2 saturated heterocycles. The molecule has 2 saturated carbocycles. The number of piperidine rings is 1. The molecule has 2 heterocycles. The van der Waals surface area contributed by atoms with Gasteiger partial charge < -0.3 is 20.2 Å². The summed E-state index contributed by atoms with van der Waals surface area (Å²) in [6.07, 6.45) is 14.1. The first kappa shape index (κ1) is 21.6. The van der Waals surface area contributed by atoms with Crippen molar-refractivity contribution >= 4 is 5.91 Å². The number of carbonyl (C=O) groups is 1. The zero-order valence-corrected chi connectivity index (χ0v) is 18.6. The fourth-order valence-electron chi connectivity index (χ4n) is 6.98. The molecule has 0 radical (unpaired) electrons. The van der Waals surface area contributed by atoms with Crippen LogP contribution in [0.3, 0.4) is 0 Å². The van der Waals surface area contributed by atoms with Gasteiger partial charge in [-0.05, 0) is 37.5 Å². The summed E-state index contributed by atoms with van der Waals surface area (Å²) in [5, 5.41) is 15.0. The Morgan fingerprint density at radius 2 is 1.86 bits per heavy atom. The molecule has 0 aromatic carbocycles. The highest BCUT2D eigenvalue weighted by atomic mass is 16.3. The molecule has 2 aliphatic heterocycles. The van der Waals surface area contributed by atoms with Crippen LogP contribution in [0.1, 0.15) is 77.6 Å². The average Bonchev–Trinajstić information content (AvgIpc) is 3.18. The first-order valence-electron chi connectivity index (χ1n) is 12.4. The predicted molar refractivity (Wildman–Crippen MR) is 117 cm³/mol. The summed E-state index contributed by atoms with van der Waals surface area (Å²) in [6.45, 7) is 8.18.